The van der Waals surface area contributed by atoms with Gasteiger partial charge in [-0.3, -0.25) is 19.5 Å². The Kier molecular flexibility index (Phi) is 6.10. The number of nitrogens with one attached hydrogen (secondary N) is 1. The number of fused-ring (bicyclic) bond motifs is 1. The van der Waals surface area contributed by atoms with E-state index in [0.29, 0.717) is 0 Å². The highest BCUT2D eigenvalue weighted by molar-refractivity contribution is 5.84. The van der Waals surface area contributed by atoms with Gasteiger partial charge >= 0.3 is 17.9 Å². The lowest BCUT2D eigenvalue weighted by Gasteiger charge is -2.16. The van der Waals surface area contributed by atoms with Crippen molar-refractivity contribution < 1.29 is 28.6 Å². The average molecular weight is 348 g/mol. The summed E-state index contributed by atoms with van der Waals surface area (Å²) in [4.78, 5) is 34.8. The molecular weight excluding hydrogens is 328 g/mol. The first-order chi connectivity index (χ1) is 12.0. The molecule has 0 spiro atoms. The summed E-state index contributed by atoms with van der Waals surface area (Å²) in [6.07, 6.45) is 1.78. The highest BCUT2D eigenvalue weighted by atomic mass is 16.5. The zero-order chi connectivity index (χ0) is 18.4. The molecule has 1 aromatic heterocycles. The quantitative estimate of drug-likeness (QED) is 0.597. The maximum atomic E-state index is 12.0. The monoisotopic (exact) mass is 348 g/mol. The van der Waals surface area contributed by atoms with Crippen LogP contribution in [0, 0.1) is 5.92 Å². The minimum atomic E-state index is -0.696. The molecule has 0 bridgehead atoms. The van der Waals surface area contributed by atoms with Gasteiger partial charge in [0.1, 0.15) is 6.61 Å². The number of nitrogens with zero attached hydrogens (tertiary/aromatic N) is 1. The molecule has 0 unspecified atom stereocenters. The molecule has 8 heteroatoms. The number of esters is 3. The largest absolute Gasteiger partial charge is 0.469 e. The number of carbonyl (C=O) groups is 3. The van der Waals surface area contributed by atoms with Crippen molar-refractivity contribution in [3.05, 3.63) is 29.5 Å². The first-order valence-electron chi connectivity index (χ1n) is 7.68. The number of aromatic amines is 1. The van der Waals surface area contributed by atoms with Crippen LogP contribution in [0.25, 0.3) is 10.9 Å². The number of benzene rings is 1. The maximum Gasteiger partial charge on any atom is 0.309 e. The van der Waals surface area contributed by atoms with Gasteiger partial charge in [0.2, 0.25) is 0 Å². The van der Waals surface area contributed by atoms with Crippen LogP contribution in [0.1, 0.15) is 24.5 Å². The predicted molar refractivity (Wildman–Crippen MR) is 87.4 cm³/mol. The Morgan fingerprint density at radius 3 is 2.60 bits per heavy atom. The second kappa shape index (κ2) is 8.27. The van der Waals surface area contributed by atoms with Gasteiger partial charge in [-0.25, -0.2) is 0 Å². The molecule has 0 aliphatic carbocycles. The van der Waals surface area contributed by atoms with Crippen molar-refractivity contribution in [2.45, 2.75) is 26.4 Å². The van der Waals surface area contributed by atoms with Crippen LogP contribution in [-0.4, -0.2) is 42.3 Å². The second-order valence-corrected chi connectivity index (χ2v) is 5.52. The third kappa shape index (κ3) is 4.56. The third-order valence-corrected chi connectivity index (χ3v) is 3.89. The summed E-state index contributed by atoms with van der Waals surface area (Å²) in [7, 11) is 2.53. The number of carbonyl (C=O) groups excluding carboxylic acids is 3. The van der Waals surface area contributed by atoms with Crippen molar-refractivity contribution in [1.29, 1.82) is 0 Å². The van der Waals surface area contributed by atoms with Gasteiger partial charge in [-0.15, -0.1) is 0 Å². The molecule has 1 aromatic carbocycles. The summed E-state index contributed by atoms with van der Waals surface area (Å²) in [5, 5.41) is 7.63. The van der Waals surface area contributed by atoms with Crippen molar-refractivity contribution >= 4 is 28.8 Å². The zero-order valence-corrected chi connectivity index (χ0v) is 14.3. The predicted octanol–water partition coefficient (Wildman–Crippen LogP) is 1.52. The number of hydrogen-bond donors (Lipinski definition) is 1. The fourth-order valence-electron chi connectivity index (χ4n) is 2.61. The molecule has 0 saturated carbocycles. The highest BCUT2D eigenvalue weighted by Crippen LogP contribution is 2.25. The van der Waals surface area contributed by atoms with E-state index in [-0.39, 0.29) is 19.4 Å². The number of rotatable bonds is 7. The van der Waals surface area contributed by atoms with E-state index in [0.717, 1.165) is 22.0 Å². The van der Waals surface area contributed by atoms with Gasteiger partial charge in [0.25, 0.3) is 0 Å². The van der Waals surface area contributed by atoms with Crippen molar-refractivity contribution in [3.63, 3.8) is 0 Å². The van der Waals surface area contributed by atoms with Crippen LogP contribution in [0.2, 0.25) is 0 Å². The molecule has 8 nitrogen and oxygen atoms in total. The van der Waals surface area contributed by atoms with Gasteiger partial charge < -0.3 is 14.2 Å². The summed E-state index contributed by atoms with van der Waals surface area (Å²) in [6.45, 7) is 1.37. The third-order valence-electron chi connectivity index (χ3n) is 3.89. The van der Waals surface area contributed by atoms with E-state index in [1.807, 2.05) is 12.1 Å². The molecule has 0 aliphatic rings. The topological polar surface area (TPSA) is 108 Å². The molecule has 1 N–H and O–H groups in total. The first-order valence-corrected chi connectivity index (χ1v) is 7.68. The van der Waals surface area contributed by atoms with Gasteiger partial charge in [-0.05, 0) is 18.1 Å². The van der Waals surface area contributed by atoms with E-state index in [2.05, 4.69) is 14.9 Å². The fraction of sp³-hybridized carbons (Fsp3) is 0.412. The summed E-state index contributed by atoms with van der Waals surface area (Å²) in [5.41, 5.74) is 2.29. The standard InChI is InChI=1S/C17H20N2O6/c1-10(20)25-9-14-11(4-5-15-13(14)8-18-19-15)6-12(17(22)24-3)7-16(21)23-2/h4-5,8,12H,6-7,9H2,1-3H3,(H,18,19)/t12-/m1/s1. The number of hydrogen-bond acceptors (Lipinski definition) is 7. The number of methoxy groups -OCH3 is 2. The average Bonchev–Trinajstić information content (AvgIpc) is 3.07. The molecule has 0 amide bonds. The van der Waals surface area contributed by atoms with E-state index < -0.39 is 23.8 Å². The fourth-order valence-corrected chi connectivity index (χ4v) is 2.61. The zero-order valence-electron chi connectivity index (χ0n) is 14.3. The molecular formula is C17H20N2O6. The van der Waals surface area contributed by atoms with Crippen LogP contribution in [0.5, 0.6) is 0 Å². The minimum absolute atomic E-state index is 0.0493. The molecule has 0 saturated heterocycles. The normalized spacial score (nSPS) is 11.8. The molecule has 2 rings (SSSR count). The van der Waals surface area contributed by atoms with Crippen LogP contribution in [-0.2, 0) is 41.6 Å². The van der Waals surface area contributed by atoms with E-state index in [1.165, 1.54) is 21.1 Å². The van der Waals surface area contributed by atoms with Gasteiger partial charge in [-0.1, -0.05) is 6.07 Å². The Morgan fingerprint density at radius 1 is 1.20 bits per heavy atom. The van der Waals surface area contributed by atoms with Gasteiger partial charge in [0.05, 0.1) is 38.3 Å². The summed E-state index contributed by atoms with van der Waals surface area (Å²) in [5.74, 6) is -2.11. The van der Waals surface area contributed by atoms with Gasteiger partial charge in [-0.2, -0.15) is 5.10 Å². The Morgan fingerprint density at radius 2 is 1.96 bits per heavy atom. The van der Waals surface area contributed by atoms with Crippen LogP contribution in [0.15, 0.2) is 18.3 Å². The number of aromatic nitrogens is 2. The molecule has 25 heavy (non-hydrogen) atoms. The molecule has 0 radical (unpaired) electrons. The lowest BCUT2D eigenvalue weighted by molar-refractivity contribution is -0.152. The molecule has 1 heterocycles. The van der Waals surface area contributed by atoms with E-state index in [1.54, 1.807) is 6.20 Å². The van der Waals surface area contributed by atoms with Crippen molar-refractivity contribution in [2.75, 3.05) is 14.2 Å². The SMILES string of the molecule is COC(=O)C[C@@H](Cc1ccc2[nH]ncc2c1COC(C)=O)C(=O)OC. The lowest BCUT2D eigenvalue weighted by Crippen LogP contribution is -2.23. The number of H-pyrrole nitrogens is 1. The Hall–Kier alpha value is -2.90. The Bertz CT molecular complexity index is 783. The number of ether oxygens (including phenoxy) is 3. The Balaban J connectivity index is 2.36. The molecule has 0 aliphatic heterocycles. The molecule has 1 atom stereocenters. The van der Waals surface area contributed by atoms with E-state index >= 15 is 0 Å². The van der Waals surface area contributed by atoms with Gasteiger partial charge in [0, 0.05) is 17.9 Å². The van der Waals surface area contributed by atoms with Crippen molar-refractivity contribution in [1.82, 2.24) is 10.2 Å². The Labute approximate surface area is 144 Å². The van der Waals surface area contributed by atoms with E-state index in [4.69, 9.17) is 9.47 Å². The lowest BCUT2D eigenvalue weighted by atomic mass is 9.92. The van der Waals surface area contributed by atoms with Crippen LogP contribution >= 0.6 is 0 Å². The maximum absolute atomic E-state index is 12.0. The second-order valence-electron chi connectivity index (χ2n) is 5.52. The van der Waals surface area contributed by atoms with Crippen molar-refractivity contribution in [2.24, 2.45) is 5.92 Å². The molecule has 0 fully saturated rings. The summed E-state index contributed by atoms with van der Waals surface area (Å²) < 4.78 is 14.6. The first kappa shape index (κ1) is 18.4. The molecule has 134 valence electrons. The molecule has 2 aromatic rings. The smallest absolute Gasteiger partial charge is 0.309 e. The highest BCUT2D eigenvalue weighted by Gasteiger charge is 2.25. The summed E-state index contributed by atoms with van der Waals surface area (Å²) >= 11 is 0. The minimum Gasteiger partial charge on any atom is -0.469 e. The van der Waals surface area contributed by atoms with Crippen molar-refractivity contribution in [3.8, 4) is 0 Å². The summed E-state index contributed by atoms with van der Waals surface area (Å²) in [6, 6.07) is 3.63. The van der Waals surface area contributed by atoms with Crippen LogP contribution in [0.3, 0.4) is 0 Å². The van der Waals surface area contributed by atoms with Gasteiger partial charge in [0.15, 0.2) is 0 Å². The van der Waals surface area contributed by atoms with E-state index in [9.17, 15) is 14.4 Å². The van der Waals surface area contributed by atoms with Crippen LogP contribution < -0.4 is 0 Å². The van der Waals surface area contributed by atoms with Crippen LogP contribution in [0.4, 0.5) is 0 Å².